The van der Waals surface area contributed by atoms with Crippen LogP contribution >= 0.6 is 11.6 Å². The van der Waals surface area contributed by atoms with Crippen molar-refractivity contribution in [2.45, 2.75) is 78.7 Å². The summed E-state index contributed by atoms with van der Waals surface area (Å²) in [7, 11) is 0. The molecule has 4 heteroatoms. The molecule has 160 valence electrons. The van der Waals surface area contributed by atoms with Gasteiger partial charge in [0.15, 0.2) is 5.78 Å². The first-order chi connectivity index (χ1) is 13.9. The van der Waals surface area contributed by atoms with Crippen LogP contribution in [0.2, 0.25) is 5.02 Å². The molecule has 29 heavy (non-hydrogen) atoms. The summed E-state index contributed by atoms with van der Waals surface area (Å²) in [5.41, 5.74) is 0.184. The maximum Gasteiger partial charge on any atom is 0.157 e. The van der Waals surface area contributed by atoms with Crippen molar-refractivity contribution in [3.05, 3.63) is 17.4 Å². The highest BCUT2D eigenvalue weighted by Crippen LogP contribution is 2.66. The second kappa shape index (κ2) is 7.39. The maximum absolute atomic E-state index is 13.3. The molecule has 8 unspecified atom stereocenters. The number of hydrogen-bond donors (Lipinski definition) is 0. The smallest absolute Gasteiger partial charge is 0.157 e. The zero-order valence-corrected chi connectivity index (χ0v) is 19.1. The average Bonchev–Trinajstić information content (AvgIpc) is 3.21. The van der Waals surface area contributed by atoms with Gasteiger partial charge in [-0.2, -0.15) is 5.10 Å². The third-order valence-corrected chi connectivity index (χ3v) is 10.0. The number of halogens is 1. The van der Waals surface area contributed by atoms with Crippen LogP contribution in [0.4, 0.5) is 0 Å². The second-order valence-electron chi connectivity index (χ2n) is 11.4. The molecule has 4 fully saturated rings. The Balaban J connectivity index is 1.36. The molecule has 1 aromatic heterocycles. The van der Waals surface area contributed by atoms with Crippen LogP contribution in [-0.2, 0) is 11.3 Å². The first-order valence-electron chi connectivity index (χ1n) is 12.1. The molecule has 3 nitrogen and oxygen atoms in total. The van der Waals surface area contributed by atoms with Crippen molar-refractivity contribution in [1.82, 2.24) is 9.78 Å². The Labute approximate surface area is 181 Å². The van der Waals surface area contributed by atoms with Gasteiger partial charge in [-0.15, -0.1) is 0 Å². The number of carbonyl (C=O) groups excluding carboxylic acids is 1. The maximum atomic E-state index is 13.3. The molecule has 0 aromatic carbocycles. The number of aromatic nitrogens is 2. The van der Waals surface area contributed by atoms with E-state index in [2.05, 4.69) is 25.9 Å². The molecule has 0 spiro atoms. The van der Waals surface area contributed by atoms with E-state index in [-0.39, 0.29) is 11.3 Å². The van der Waals surface area contributed by atoms with E-state index in [4.69, 9.17) is 11.6 Å². The van der Waals surface area contributed by atoms with Gasteiger partial charge < -0.3 is 0 Å². The van der Waals surface area contributed by atoms with Crippen molar-refractivity contribution in [2.75, 3.05) is 0 Å². The first kappa shape index (κ1) is 20.1. The fourth-order valence-electron chi connectivity index (χ4n) is 8.82. The molecule has 1 aromatic rings. The molecule has 4 saturated carbocycles. The summed E-state index contributed by atoms with van der Waals surface area (Å²) in [4.78, 5) is 13.3. The van der Waals surface area contributed by atoms with Crippen LogP contribution in [0.3, 0.4) is 0 Å². The number of rotatable bonds is 3. The molecule has 0 saturated heterocycles. The van der Waals surface area contributed by atoms with Crippen LogP contribution in [0.15, 0.2) is 12.4 Å². The quantitative estimate of drug-likeness (QED) is 0.583. The van der Waals surface area contributed by atoms with Gasteiger partial charge in [0, 0.05) is 12.1 Å². The Kier molecular flexibility index (Phi) is 5.12. The highest BCUT2D eigenvalue weighted by atomic mass is 35.5. The molecule has 0 radical (unpaired) electrons. The van der Waals surface area contributed by atoms with Crippen molar-refractivity contribution < 1.29 is 4.79 Å². The monoisotopic (exact) mass is 416 g/mol. The molecule has 1 heterocycles. The molecule has 9 atom stereocenters. The summed E-state index contributed by atoms with van der Waals surface area (Å²) >= 11 is 6.01. The molecular weight excluding hydrogens is 380 g/mol. The third-order valence-electron chi connectivity index (χ3n) is 9.84. The van der Waals surface area contributed by atoms with Gasteiger partial charge in [-0.05, 0) is 91.8 Å². The fourth-order valence-corrected chi connectivity index (χ4v) is 8.98. The van der Waals surface area contributed by atoms with Crippen LogP contribution in [0.25, 0.3) is 0 Å². The summed E-state index contributed by atoms with van der Waals surface area (Å²) in [6.07, 6.45) is 14.3. The first-order valence-corrected chi connectivity index (χ1v) is 12.4. The Morgan fingerprint density at radius 3 is 2.69 bits per heavy atom. The Bertz CT molecular complexity index is 775. The standard InChI is InChI=1S/C25H37ClN2O/c1-15-4-6-19-17(10-15)5-7-21-20(19)8-9-25(3)22(11-16(2)24(21)25)23(29)14-28-13-18(26)12-27-28/h12-13,15-17,19-22,24H,4-11,14H2,1-3H3/t15?,16?,17?,19?,20?,21?,22-,24?,25?/m1/s1. The van der Waals surface area contributed by atoms with Crippen molar-refractivity contribution >= 4 is 17.4 Å². The number of fused-ring (bicyclic) bond motifs is 5. The number of carbonyl (C=O) groups is 1. The summed E-state index contributed by atoms with van der Waals surface area (Å²) in [5.74, 6) is 6.65. The minimum atomic E-state index is 0.184. The number of hydrogen-bond acceptors (Lipinski definition) is 2. The fraction of sp³-hybridized carbons (Fsp3) is 0.840. The molecule has 0 amide bonds. The Hall–Kier alpha value is -0.830. The molecular formula is C25H37ClN2O. The zero-order valence-electron chi connectivity index (χ0n) is 18.3. The lowest BCUT2D eigenvalue weighted by Gasteiger charge is -2.56. The molecule has 5 rings (SSSR count). The van der Waals surface area contributed by atoms with E-state index < -0.39 is 0 Å². The number of Topliss-reactive ketones (excluding diaryl/α,β-unsaturated/α-hetero) is 1. The number of ketones is 1. The van der Waals surface area contributed by atoms with E-state index in [0.29, 0.717) is 23.3 Å². The van der Waals surface area contributed by atoms with Crippen molar-refractivity contribution in [3.63, 3.8) is 0 Å². The van der Waals surface area contributed by atoms with Gasteiger partial charge in [-0.25, -0.2) is 0 Å². The summed E-state index contributed by atoms with van der Waals surface area (Å²) in [5, 5.41) is 4.87. The predicted molar refractivity (Wildman–Crippen MR) is 117 cm³/mol. The lowest BCUT2D eigenvalue weighted by molar-refractivity contribution is -0.131. The zero-order chi connectivity index (χ0) is 20.3. The van der Waals surface area contributed by atoms with Crippen LogP contribution in [0, 0.1) is 52.8 Å². The minimum absolute atomic E-state index is 0.184. The van der Waals surface area contributed by atoms with Crippen molar-refractivity contribution in [1.29, 1.82) is 0 Å². The lowest BCUT2D eigenvalue weighted by Crippen LogP contribution is -2.50. The van der Waals surface area contributed by atoms with Gasteiger partial charge in [0.05, 0.1) is 17.8 Å². The summed E-state index contributed by atoms with van der Waals surface area (Å²) < 4.78 is 1.73. The van der Waals surface area contributed by atoms with Gasteiger partial charge in [-0.3, -0.25) is 9.48 Å². The van der Waals surface area contributed by atoms with E-state index in [0.717, 1.165) is 41.9 Å². The molecule has 0 N–H and O–H groups in total. The van der Waals surface area contributed by atoms with Gasteiger partial charge in [0.1, 0.15) is 0 Å². The summed E-state index contributed by atoms with van der Waals surface area (Å²) in [6, 6.07) is 0. The second-order valence-corrected chi connectivity index (χ2v) is 11.8. The van der Waals surface area contributed by atoms with E-state index >= 15 is 0 Å². The van der Waals surface area contributed by atoms with Gasteiger partial charge in [0.2, 0.25) is 0 Å². The highest BCUT2D eigenvalue weighted by molar-refractivity contribution is 6.30. The van der Waals surface area contributed by atoms with Crippen LogP contribution in [-0.4, -0.2) is 15.6 Å². The minimum Gasteiger partial charge on any atom is -0.297 e. The van der Waals surface area contributed by atoms with Crippen LogP contribution in [0.5, 0.6) is 0 Å². The highest BCUT2D eigenvalue weighted by Gasteiger charge is 2.60. The lowest BCUT2D eigenvalue weighted by atomic mass is 9.48. The third kappa shape index (κ3) is 3.30. The predicted octanol–water partition coefficient (Wildman–Crippen LogP) is 6.26. The largest absolute Gasteiger partial charge is 0.297 e. The molecule has 0 bridgehead atoms. The van der Waals surface area contributed by atoms with Crippen LogP contribution < -0.4 is 0 Å². The van der Waals surface area contributed by atoms with E-state index in [1.54, 1.807) is 17.1 Å². The molecule has 4 aliphatic rings. The van der Waals surface area contributed by atoms with E-state index in [9.17, 15) is 4.79 Å². The van der Waals surface area contributed by atoms with Gasteiger partial charge >= 0.3 is 0 Å². The average molecular weight is 417 g/mol. The Morgan fingerprint density at radius 2 is 1.93 bits per heavy atom. The molecule has 4 aliphatic carbocycles. The molecule has 0 aliphatic heterocycles. The van der Waals surface area contributed by atoms with E-state index in [1.807, 2.05) is 0 Å². The summed E-state index contributed by atoms with van der Waals surface area (Å²) in [6.45, 7) is 7.74. The number of nitrogens with zero attached hydrogens (tertiary/aromatic N) is 2. The van der Waals surface area contributed by atoms with Crippen LogP contribution in [0.1, 0.15) is 72.1 Å². The van der Waals surface area contributed by atoms with Gasteiger partial charge in [-0.1, -0.05) is 38.8 Å². The topological polar surface area (TPSA) is 34.9 Å². The Morgan fingerprint density at radius 1 is 1.14 bits per heavy atom. The van der Waals surface area contributed by atoms with Gasteiger partial charge in [0.25, 0.3) is 0 Å². The SMILES string of the molecule is CC1CCC2C(CCC3C2CCC2(C)C3C(C)C[C@@H]2C(=O)Cn2cc(Cl)cn2)C1. The van der Waals surface area contributed by atoms with Crippen molar-refractivity contribution in [2.24, 2.45) is 52.8 Å². The van der Waals surface area contributed by atoms with E-state index in [1.165, 1.54) is 44.9 Å². The normalized spacial score (nSPS) is 46.6. The van der Waals surface area contributed by atoms with Crippen molar-refractivity contribution in [3.8, 4) is 0 Å².